The summed E-state index contributed by atoms with van der Waals surface area (Å²) < 4.78 is 31.1. The van der Waals surface area contributed by atoms with Gasteiger partial charge >= 0.3 is 0 Å². The molecule has 21 heavy (non-hydrogen) atoms. The number of nitrogen functional groups attached to an aromatic ring is 1. The zero-order valence-corrected chi connectivity index (χ0v) is 12.7. The quantitative estimate of drug-likeness (QED) is 0.694. The molecule has 0 aliphatic heterocycles. The molecule has 0 radical (unpaired) electrons. The molecule has 0 saturated carbocycles. The first-order valence-corrected chi connectivity index (χ1v) is 7.95. The molecule has 1 aromatic heterocycles. The van der Waals surface area contributed by atoms with Gasteiger partial charge in [-0.15, -0.1) is 0 Å². The van der Waals surface area contributed by atoms with Crippen molar-refractivity contribution in [2.45, 2.75) is 24.8 Å². The number of sulfonamides is 1. The summed E-state index contributed by atoms with van der Waals surface area (Å²) >= 11 is 0. The van der Waals surface area contributed by atoms with Gasteiger partial charge in [0.1, 0.15) is 10.7 Å². The molecule has 0 atom stereocenters. The maximum Gasteiger partial charge on any atom is 0.242 e. The van der Waals surface area contributed by atoms with E-state index in [2.05, 4.69) is 15.0 Å². The average molecular weight is 310 g/mol. The molecule has 2 rings (SSSR count). The van der Waals surface area contributed by atoms with Gasteiger partial charge in [-0.25, -0.2) is 18.1 Å². The van der Waals surface area contributed by atoms with Crippen molar-refractivity contribution >= 4 is 21.4 Å². The minimum absolute atomic E-state index is 0.0555. The van der Waals surface area contributed by atoms with Crippen LogP contribution in [0, 0.1) is 0 Å². The highest BCUT2D eigenvalue weighted by Crippen LogP contribution is 2.22. The van der Waals surface area contributed by atoms with Crippen LogP contribution in [0.1, 0.15) is 18.6 Å². The van der Waals surface area contributed by atoms with E-state index in [-0.39, 0.29) is 10.6 Å². The zero-order chi connectivity index (χ0) is 15.5. The Kier molecular flexibility index (Phi) is 4.49. The normalized spacial score (nSPS) is 11.5. The Morgan fingerprint density at radius 3 is 2.71 bits per heavy atom. The van der Waals surface area contributed by atoms with Crippen molar-refractivity contribution in [2.75, 3.05) is 18.1 Å². The van der Waals surface area contributed by atoms with Crippen LogP contribution >= 0.6 is 0 Å². The number of oxazole rings is 1. The minimum atomic E-state index is -3.55. The zero-order valence-electron chi connectivity index (χ0n) is 11.9. The largest absolute Gasteiger partial charge is 0.444 e. The van der Waals surface area contributed by atoms with E-state index in [4.69, 9.17) is 10.2 Å². The van der Waals surface area contributed by atoms with Crippen LogP contribution in [0.2, 0.25) is 0 Å². The molecule has 0 aliphatic carbocycles. The van der Waals surface area contributed by atoms with Gasteiger partial charge in [0.2, 0.25) is 15.9 Å². The van der Waals surface area contributed by atoms with Gasteiger partial charge in [-0.05, 0) is 25.2 Å². The van der Waals surface area contributed by atoms with Gasteiger partial charge in [0.25, 0.3) is 0 Å². The SMILES string of the molecule is CCc1cnc(CNc2ccc(S(=O)(=O)NC)c(N)c2)o1. The van der Waals surface area contributed by atoms with Crippen molar-refractivity contribution in [3.05, 3.63) is 36.0 Å². The van der Waals surface area contributed by atoms with E-state index in [1.54, 1.807) is 18.3 Å². The van der Waals surface area contributed by atoms with Gasteiger partial charge in [-0.2, -0.15) is 0 Å². The van der Waals surface area contributed by atoms with Gasteiger partial charge in [-0.3, -0.25) is 0 Å². The standard InChI is InChI=1S/C13H18N4O3S/c1-3-10-7-17-13(20-10)8-16-9-4-5-12(11(14)6-9)21(18,19)15-2/h4-7,15-16H,3,8,14H2,1-2H3. The van der Waals surface area contributed by atoms with E-state index in [1.807, 2.05) is 6.92 Å². The molecule has 0 bridgehead atoms. The third-order valence-corrected chi connectivity index (χ3v) is 4.45. The second-order valence-corrected chi connectivity index (χ2v) is 6.24. The summed E-state index contributed by atoms with van der Waals surface area (Å²) in [6.07, 6.45) is 2.48. The van der Waals surface area contributed by atoms with Crippen LogP contribution < -0.4 is 15.8 Å². The average Bonchev–Trinajstić information content (AvgIpc) is 2.93. The summed E-state index contributed by atoms with van der Waals surface area (Å²) in [5, 5.41) is 3.08. The molecular formula is C13H18N4O3S. The number of nitrogens with zero attached hydrogens (tertiary/aromatic N) is 1. The summed E-state index contributed by atoms with van der Waals surface area (Å²) in [7, 11) is -2.20. The lowest BCUT2D eigenvalue weighted by atomic mass is 10.3. The number of rotatable bonds is 6. The number of benzene rings is 1. The lowest BCUT2D eigenvalue weighted by Crippen LogP contribution is -2.20. The molecule has 0 saturated heterocycles. The van der Waals surface area contributed by atoms with E-state index in [1.165, 1.54) is 13.1 Å². The summed E-state index contributed by atoms with van der Waals surface area (Å²) in [5.74, 6) is 1.39. The van der Waals surface area contributed by atoms with Crippen molar-refractivity contribution in [3.8, 4) is 0 Å². The first-order chi connectivity index (χ1) is 9.96. The minimum Gasteiger partial charge on any atom is -0.444 e. The van der Waals surface area contributed by atoms with E-state index in [0.717, 1.165) is 12.2 Å². The van der Waals surface area contributed by atoms with Crippen molar-refractivity contribution < 1.29 is 12.8 Å². The fraction of sp³-hybridized carbons (Fsp3) is 0.308. The summed E-state index contributed by atoms with van der Waals surface area (Å²) in [5.41, 5.74) is 6.65. The summed E-state index contributed by atoms with van der Waals surface area (Å²) in [6, 6.07) is 4.66. The van der Waals surface area contributed by atoms with Crippen LogP contribution in [0.4, 0.5) is 11.4 Å². The molecule has 0 amide bonds. The second-order valence-electron chi connectivity index (χ2n) is 4.39. The second kappa shape index (κ2) is 6.15. The smallest absolute Gasteiger partial charge is 0.242 e. The van der Waals surface area contributed by atoms with Crippen LogP contribution in [0.3, 0.4) is 0 Å². The van der Waals surface area contributed by atoms with Crippen LogP contribution in [0.5, 0.6) is 0 Å². The Morgan fingerprint density at radius 2 is 2.14 bits per heavy atom. The summed E-state index contributed by atoms with van der Waals surface area (Å²) in [4.78, 5) is 4.18. The maximum absolute atomic E-state index is 11.7. The Labute approximate surface area is 123 Å². The molecule has 114 valence electrons. The molecule has 0 unspecified atom stereocenters. The van der Waals surface area contributed by atoms with E-state index in [9.17, 15) is 8.42 Å². The molecular weight excluding hydrogens is 292 g/mol. The third-order valence-electron chi connectivity index (χ3n) is 2.96. The lowest BCUT2D eigenvalue weighted by molar-refractivity contribution is 0.466. The predicted molar refractivity (Wildman–Crippen MR) is 80.3 cm³/mol. The van der Waals surface area contributed by atoms with E-state index in [0.29, 0.717) is 18.1 Å². The molecule has 4 N–H and O–H groups in total. The number of nitrogens with one attached hydrogen (secondary N) is 2. The van der Waals surface area contributed by atoms with Gasteiger partial charge in [-0.1, -0.05) is 6.92 Å². The van der Waals surface area contributed by atoms with E-state index >= 15 is 0 Å². The number of aromatic nitrogens is 1. The number of hydrogen-bond acceptors (Lipinski definition) is 6. The monoisotopic (exact) mass is 310 g/mol. The lowest BCUT2D eigenvalue weighted by Gasteiger charge is -2.09. The number of aryl methyl sites for hydroxylation is 1. The molecule has 0 aliphatic rings. The van der Waals surface area contributed by atoms with Gasteiger partial charge < -0.3 is 15.5 Å². The maximum atomic E-state index is 11.7. The first kappa shape index (κ1) is 15.3. The molecule has 1 heterocycles. The number of anilines is 2. The van der Waals surface area contributed by atoms with Crippen molar-refractivity contribution in [1.29, 1.82) is 0 Å². The topological polar surface area (TPSA) is 110 Å². The van der Waals surface area contributed by atoms with Crippen molar-refractivity contribution in [2.24, 2.45) is 0 Å². The Hall–Kier alpha value is -2.06. The summed E-state index contributed by atoms with van der Waals surface area (Å²) in [6.45, 7) is 2.39. The van der Waals surface area contributed by atoms with E-state index < -0.39 is 10.0 Å². The van der Waals surface area contributed by atoms with Crippen LogP contribution in [0.15, 0.2) is 33.7 Å². The highest BCUT2D eigenvalue weighted by molar-refractivity contribution is 7.89. The highest BCUT2D eigenvalue weighted by Gasteiger charge is 2.15. The number of hydrogen-bond donors (Lipinski definition) is 3. The fourth-order valence-electron chi connectivity index (χ4n) is 1.78. The van der Waals surface area contributed by atoms with Crippen molar-refractivity contribution in [3.63, 3.8) is 0 Å². The third kappa shape index (κ3) is 3.53. The van der Waals surface area contributed by atoms with Gasteiger partial charge in [0.15, 0.2) is 0 Å². The Balaban J connectivity index is 2.10. The van der Waals surface area contributed by atoms with Crippen LogP contribution in [-0.2, 0) is 23.0 Å². The first-order valence-electron chi connectivity index (χ1n) is 6.46. The molecule has 1 aromatic carbocycles. The van der Waals surface area contributed by atoms with Crippen LogP contribution in [-0.4, -0.2) is 20.4 Å². The van der Waals surface area contributed by atoms with Crippen molar-refractivity contribution in [1.82, 2.24) is 9.71 Å². The van der Waals surface area contributed by atoms with Gasteiger partial charge in [0.05, 0.1) is 18.4 Å². The fourth-order valence-corrected chi connectivity index (χ4v) is 2.62. The molecule has 8 heteroatoms. The highest BCUT2D eigenvalue weighted by atomic mass is 32.2. The van der Waals surface area contributed by atoms with Gasteiger partial charge in [0, 0.05) is 12.1 Å². The Bertz CT molecular complexity index is 725. The Morgan fingerprint density at radius 1 is 1.38 bits per heavy atom. The molecule has 0 fully saturated rings. The van der Waals surface area contributed by atoms with Crippen LogP contribution in [0.25, 0.3) is 0 Å². The molecule has 0 spiro atoms. The predicted octanol–water partition coefficient (Wildman–Crippen LogP) is 1.34. The molecule has 7 nitrogen and oxygen atoms in total. The number of nitrogens with two attached hydrogens (primary N) is 1. The molecule has 2 aromatic rings.